The summed E-state index contributed by atoms with van der Waals surface area (Å²) in [6.45, 7) is 8.43. The van der Waals surface area contributed by atoms with E-state index in [2.05, 4.69) is 29.5 Å². The molecule has 3 aliphatic rings. The minimum absolute atomic E-state index is 0.203. The van der Waals surface area contributed by atoms with E-state index in [4.69, 9.17) is 9.84 Å². The fraction of sp³-hybridized carbons (Fsp3) is 0.609. The van der Waals surface area contributed by atoms with Crippen LogP contribution in [0, 0.1) is 17.7 Å². The number of fused-ring (bicyclic) bond motifs is 1. The maximum absolute atomic E-state index is 13.7. The van der Waals surface area contributed by atoms with Crippen LogP contribution < -0.4 is 0 Å². The molecule has 28 heavy (non-hydrogen) atoms. The molecule has 2 aliphatic carbocycles. The number of rotatable bonds is 4. The molecule has 1 aromatic heterocycles. The average molecular weight is 384 g/mol. The van der Waals surface area contributed by atoms with Crippen LogP contribution in [0.5, 0.6) is 0 Å². The second kappa shape index (κ2) is 7.27. The standard InChI is InChI=1S/C23H30FN3O/c1-15(2)27-22(14-21(25-27)16-5-3-6-17(24)11-16)23-19-12-18(13-20(19)23)26-7-4-9-28-10-8-26/h3,5-6,11,14-15,18-20,23H,4,7-10,12-13H2,1-2H3/t18?,19-,20+,23?. The van der Waals surface area contributed by atoms with E-state index < -0.39 is 0 Å². The molecule has 0 N–H and O–H groups in total. The van der Waals surface area contributed by atoms with Gasteiger partial charge in [0, 0.05) is 49.0 Å². The maximum atomic E-state index is 13.7. The van der Waals surface area contributed by atoms with E-state index in [1.54, 1.807) is 12.1 Å². The third-order valence-corrected chi connectivity index (χ3v) is 6.91. The Morgan fingerprint density at radius 2 is 1.93 bits per heavy atom. The molecule has 2 unspecified atom stereocenters. The predicted molar refractivity (Wildman–Crippen MR) is 108 cm³/mol. The molecule has 150 valence electrons. The molecule has 1 aromatic carbocycles. The first kappa shape index (κ1) is 18.3. The molecular weight excluding hydrogens is 353 g/mol. The molecule has 1 saturated heterocycles. The number of aromatic nitrogens is 2. The summed E-state index contributed by atoms with van der Waals surface area (Å²) >= 11 is 0. The zero-order valence-electron chi connectivity index (χ0n) is 16.9. The van der Waals surface area contributed by atoms with Crippen LogP contribution in [0.2, 0.25) is 0 Å². The van der Waals surface area contributed by atoms with Crippen molar-refractivity contribution in [2.24, 2.45) is 11.8 Å². The fourth-order valence-electron chi connectivity index (χ4n) is 5.54. The van der Waals surface area contributed by atoms with Gasteiger partial charge in [-0.15, -0.1) is 0 Å². The van der Waals surface area contributed by atoms with Gasteiger partial charge in [-0.2, -0.15) is 5.10 Å². The summed E-state index contributed by atoms with van der Waals surface area (Å²) in [5.74, 6) is 1.98. The van der Waals surface area contributed by atoms with Crippen molar-refractivity contribution in [2.75, 3.05) is 26.3 Å². The minimum Gasteiger partial charge on any atom is -0.380 e. The van der Waals surface area contributed by atoms with E-state index in [0.29, 0.717) is 12.0 Å². The van der Waals surface area contributed by atoms with Gasteiger partial charge in [0.2, 0.25) is 0 Å². The van der Waals surface area contributed by atoms with Crippen LogP contribution in [0.25, 0.3) is 11.3 Å². The van der Waals surface area contributed by atoms with Gasteiger partial charge in [0.25, 0.3) is 0 Å². The summed E-state index contributed by atoms with van der Waals surface area (Å²) in [4.78, 5) is 2.66. The van der Waals surface area contributed by atoms with Crippen molar-refractivity contribution in [3.05, 3.63) is 41.8 Å². The Balaban J connectivity index is 1.34. The molecular formula is C23H30FN3O. The highest BCUT2D eigenvalue weighted by atomic mass is 19.1. The molecule has 3 fully saturated rings. The molecule has 4 nitrogen and oxygen atoms in total. The van der Waals surface area contributed by atoms with Crippen molar-refractivity contribution in [1.82, 2.24) is 14.7 Å². The van der Waals surface area contributed by atoms with Crippen LogP contribution in [-0.4, -0.2) is 47.0 Å². The second-order valence-corrected chi connectivity index (χ2v) is 8.98. The van der Waals surface area contributed by atoms with Gasteiger partial charge in [-0.25, -0.2) is 4.39 Å². The molecule has 0 spiro atoms. The number of ether oxygens (including phenoxy) is 1. The van der Waals surface area contributed by atoms with Gasteiger partial charge in [-0.1, -0.05) is 12.1 Å². The molecule has 5 rings (SSSR count). The van der Waals surface area contributed by atoms with Crippen LogP contribution in [0.15, 0.2) is 30.3 Å². The molecule has 2 saturated carbocycles. The number of hydrogen-bond acceptors (Lipinski definition) is 3. The lowest BCUT2D eigenvalue weighted by Gasteiger charge is -2.28. The summed E-state index contributed by atoms with van der Waals surface area (Å²) in [6.07, 6.45) is 3.76. The van der Waals surface area contributed by atoms with Crippen molar-refractivity contribution >= 4 is 0 Å². The maximum Gasteiger partial charge on any atom is 0.123 e. The number of halogens is 1. The van der Waals surface area contributed by atoms with Crippen molar-refractivity contribution < 1.29 is 9.13 Å². The van der Waals surface area contributed by atoms with Crippen LogP contribution in [-0.2, 0) is 4.74 Å². The van der Waals surface area contributed by atoms with Gasteiger partial charge in [0.1, 0.15) is 5.82 Å². The van der Waals surface area contributed by atoms with Gasteiger partial charge in [0.05, 0.1) is 12.3 Å². The minimum atomic E-state index is -0.203. The topological polar surface area (TPSA) is 30.3 Å². The van der Waals surface area contributed by atoms with E-state index in [-0.39, 0.29) is 5.82 Å². The van der Waals surface area contributed by atoms with Crippen molar-refractivity contribution in [1.29, 1.82) is 0 Å². The van der Waals surface area contributed by atoms with Gasteiger partial charge < -0.3 is 4.74 Å². The molecule has 0 bridgehead atoms. The quantitative estimate of drug-likeness (QED) is 0.780. The highest BCUT2D eigenvalue weighted by Crippen LogP contribution is 2.64. The second-order valence-electron chi connectivity index (χ2n) is 8.98. The van der Waals surface area contributed by atoms with E-state index in [9.17, 15) is 4.39 Å². The molecule has 0 amide bonds. The first-order chi connectivity index (χ1) is 13.6. The Hall–Kier alpha value is -1.72. The highest BCUT2D eigenvalue weighted by molar-refractivity contribution is 5.60. The van der Waals surface area contributed by atoms with E-state index in [1.165, 1.54) is 31.1 Å². The zero-order valence-corrected chi connectivity index (χ0v) is 16.9. The third-order valence-electron chi connectivity index (χ3n) is 6.91. The molecule has 0 radical (unpaired) electrons. The number of benzene rings is 1. The van der Waals surface area contributed by atoms with Crippen LogP contribution in [0.3, 0.4) is 0 Å². The SMILES string of the molecule is CC(C)n1nc(-c2cccc(F)c2)cc1C1[C@H]2CC(N3CCCOCC3)C[C@@H]12. The Morgan fingerprint density at radius 1 is 1.11 bits per heavy atom. The van der Waals surface area contributed by atoms with Gasteiger partial charge >= 0.3 is 0 Å². The van der Waals surface area contributed by atoms with E-state index in [0.717, 1.165) is 55.3 Å². The largest absolute Gasteiger partial charge is 0.380 e. The van der Waals surface area contributed by atoms with Gasteiger partial charge in [-0.05, 0) is 63.1 Å². The fourth-order valence-corrected chi connectivity index (χ4v) is 5.54. The van der Waals surface area contributed by atoms with Crippen molar-refractivity contribution in [3.8, 4) is 11.3 Å². The van der Waals surface area contributed by atoms with Crippen LogP contribution in [0.1, 0.15) is 50.8 Å². The highest BCUT2D eigenvalue weighted by Gasteiger charge is 2.58. The Bertz CT molecular complexity index is 828. The van der Waals surface area contributed by atoms with Gasteiger partial charge in [0.15, 0.2) is 0 Å². The van der Waals surface area contributed by atoms with E-state index in [1.807, 2.05) is 6.07 Å². The smallest absolute Gasteiger partial charge is 0.123 e. The summed E-state index contributed by atoms with van der Waals surface area (Å²) in [6, 6.07) is 10.0. The van der Waals surface area contributed by atoms with Crippen molar-refractivity contribution in [3.63, 3.8) is 0 Å². The van der Waals surface area contributed by atoms with Gasteiger partial charge in [-0.3, -0.25) is 9.58 Å². The molecule has 5 heteroatoms. The van der Waals surface area contributed by atoms with Crippen LogP contribution >= 0.6 is 0 Å². The normalized spacial score (nSPS) is 30.4. The lowest BCUT2D eigenvalue weighted by molar-refractivity contribution is 0.129. The number of hydrogen-bond donors (Lipinski definition) is 0. The lowest BCUT2D eigenvalue weighted by atomic mass is 10.0. The first-order valence-corrected chi connectivity index (χ1v) is 10.8. The average Bonchev–Trinajstić information content (AvgIpc) is 3.01. The Morgan fingerprint density at radius 3 is 2.68 bits per heavy atom. The Labute approximate surface area is 166 Å². The number of nitrogens with zero attached hydrogens (tertiary/aromatic N) is 3. The summed E-state index contributed by atoms with van der Waals surface area (Å²) in [5.41, 5.74) is 3.12. The lowest BCUT2D eigenvalue weighted by Crippen LogP contribution is -2.36. The first-order valence-electron chi connectivity index (χ1n) is 10.8. The van der Waals surface area contributed by atoms with E-state index >= 15 is 0 Å². The molecule has 1 aliphatic heterocycles. The summed E-state index contributed by atoms with van der Waals surface area (Å²) in [7, 11) is 0. The van der Waals surface area contributed by atoms with Crippen molar-refractivity contribution in [2.45, 2.75) is 51.1 Å². The molecule has 2 aromatic rings. The Kier molecular flexibility index (Phi) is 4.76. The summed E-state index contributed by atoms with van der Waals surface area (Å²) in [5, 5.41) is 4.85. The molecule has 2 heterocycles. The molecule has 4 atom stereocenters. The monoisotopic (exact) mass is 383 g/mol. The zero-order chi connectivity index (χ0) is 19.3. The summed E-state index contributed by atoms with van der Waals surface area (Å²) < 4.78 is 21.5. The predicted octanol–water partition coefficient (Wildman–Crippen LogP) is 4.48. The third kappa shape index (κ3) is 3.29. The van der Waals surface area contributed by atoms with Crippen LogP contribution in [0.4, 0.5) is 4.39 Å².